The number of carbonyl (C=O) groups is 1. The van der Waals surface area contributed by atoms with Crippen LogP contribution in [0.15, 0.2) is 79.1 Å². The normalized spacial score (nSPS) is 13.0. The topological polar surface area (TPSA) is 56.2 Å². The van der Waals surface area contributed by atoms with Gasteiger partial charge < -0.3 is 14.6 Å². The van der Waals surface area contributed by atoms with Gasteiger partial charge in [-0.15, -0.1) is 0 Å². The molecule has 0 atom stereocenters. The van der Waals surface area contributed by atoms with E-state index in [2.05, 4.69) is 72.9 Å². The highest BCUT2D eigenvalue weighted by atomic mass is 16.5. The van der Waals surface area contributed by atoms with E-state index in [9.17, 15) is 4.79 Å². The van der Waals surface area contributed by atoms with Crippen LogP contribution >= 0.6 is 0 Å². The van der Waals surface area contributed by atoms with Gasteiger partial charge in [0.05, 0.1) is 0 Å². The molecule has 1 aliphatic rings. The van der Waals surface area contributed by atoms with Crippen LogP contribution in [0.25, 0.3) is 5.69 Å². The maximum Gasteiger partial charge on any atom is 0.225 e. The number of nitrogens with one attached hydrogen (secondary N) is 1. The zero-order valence-corrected chi connectivity index (χ0v) is 20.7. The number of hydrogen-bond donors (Lipinski definition) is 1. The molecule has 4 aromatic rings. The Morgan fingerprint density at radius 1 is 1.00 bits per heavy atom. The molecular weight excluding hydrogens is 434 g/mol. The van der Waals surface area contributed by atoms with Crippen molar-refractivity contribution in [1.82, 2.24) is 9.55 Å². The minimum atomic E-state index is -0.123. The minimum absolute atomic E-state index is 0.0227. The van der Waals surface area contributed by atoms with Gasteiger partial charge in [0.25, 0.3) is 0 Å². The monoisotopic (exact) mass is 465 g/mol. The summed E-state index contributed by atoms with van der Waals surface area (Å²) in [6.07, 6.45) is 4.94. The number of amides is 1. The lowest BCUT2D eigenvalue weighted by Crippen LogP contribution is -2.22. The summed E-state index contributed by atoms with van der Waals surface area (Å²) in [6, 6.07) is 22.2. The lowest BCUT2D eigenvalue weighted by atomic mass is 9.84. The highest BCUT2D eigenvalue weighted by Gasteiger charge is 2.29. The maximum absolute atomic E-state index is 13.5. The Bertz CT molecular complexity index is 1330. The van der Waals surface area contributed by atoms with Gasteiger partial charge in [-0.2, -0.15) is 0 Å². The number of fused-ring (bicyclic) bond motifs is 2. The van der Waals surface area contributed by atoms with Crippen LogP contribution in [0.5, 0.6) is 11.5 Å². The molecule has 0 aliphatic carbocycles. The third-order valence-electron chi connectivity index (χ3n) is 6.60. The molecule has 0 radical (unpaired) electrons. The Morgan fingerprint density at radius 3 is 2.29 bits per heavy atom. The molecule has 0 saturated heterocycles. The molecule has 5 nitrogen and oxygen atoms in total. The molecule has 1 amide bonds. The average Bonchev–Trinajstić information content (AvgIpc) is 3.32. The predicted octanol–water partition coefficient (Wildman–Crippen LogP) is 7.00. The fraction of sp³-hybridized carbons (Fsp3) is 0.267. The summed E-state index contributed by atoms with van der Waals surface area (Å²) in [5.41, 5.74) is 4.88. The number of rotatable bonds is 5. The van der Waals surface area contributed by atoms with E-state index in [0.717, 1.165) is 51.8 Å². The van der Waals surface area contributed by atoms with Crippen molar-refractivity contribution in [3.63, 3.8) is 0 Å². The zero-order chi connectivity index (χ0) is 24.6. The highest BCUT2D eigenvalue weighted by Crippen LogP contribution is 2.45. The molecule has 5 rings (SSSR count). The van der Waals surface area contributed by atoms with Gasteiger partial charge in [-0.3, -0.25) is 4.79 Å². The third kappa shape index (κ3) is 4.46. The fourth-order valence-corrected chi connectivity index (χ4v) is 4.89. The van der Waals surface area contributed by atoms with E-state index in [4.69, 9.17) is 4.74 Å². The molecule has 1 N–H and O–H groups in total. The van der Waals surface area contributed by atoms with Gasteiger partial charge in [0, 0.05) is 53.7 Å². The molecule has 1 aliphatic heterocycles. The van der Waals surface area contributed by atoms with Gasteiger partial charge in [0.15, 0.2) is 0 Å². The van der Waals surface area contributed by atoms with Crippen molar-refractivity contribution < 1.29 is 9.53 Å². The number of aryl methyl sites for hydroxylation is 1. The van der Waals surface area contributed by atoms with E-state index in [1.807, 2.05) is 48.8 Å². The largest absolute Gasteiger partial charge is 0.457 e. The molecule has 0 fully saturated rings. The SMILES string of the molecule is CCc1nccn1-c1ccc(C(C)(C)C)c(NC(=O)CC2c3ccccc3Oc3ccccc32)c1. The summed E-state index contributed by atoms with van der Waals surface area (Å²) in [5, 5.41) is 3.25. The first-order chi connectivity index (χ1) is 16.8. The molecule has 1 aromatic heterocycles. The summed E-state index contributed by atoms with van der Waals surface area (Å²) >= 11 is 0. The maximum atomic E-state index is 13.5. The number of nitrogens with zero attached hydrogens (tertiary/aromatic N) is 2. The molecule has 35 heavy (non-hydrogen) atoms. The Hall–Kier alpha value is -3.86. The number of ether oxygens (including phenoxy) is 1. The molecule has 0 unspecified atom stereocenters. The van der Waals surface area contributed by atoms with E-state index < -0.39 is 0 Å². The fourth-order valence-electron chi connectivity index (χ4n) is 4.89. The summed E-state index contributed by atoms with van der Waals surface area (Å²) < 4.78 is 8.19. The van der Waals surface area contributed by atoms with Crippen molar-refractivity contribution in [3.8, 4) is 17.2 Å². The van der Waals surface area contributed by atoms with Crippen molar-refractivity contribution in [2.75, 3.05) is 5.32 Å². The zero-order valence-electron chi connectivity index (χ0n) is 20.7. The Labute approximate surface area is 206 Å². The van der Waals surface area contributed by atoms with Crippen LogP contribution in [0.2, 0.25) is 0 Å². The van der Waals surface area contributed by atoms with Crippen LogP contribution < -0.4 is 10.1 Å². The minimum Gasteiger partial charge on any atom is -0.457 e. The number of imidazole rings is 1. The van der Waals surface area contributed by atoms with Crippen LogP contribution in [-0.2, 0) is 16.6 Å². The molecular formula is C30H31N3O2. The first kappa shape index (κ1) is 22.9. The van der Waals surface area contributed by atoms with Gasteiger partial charge in [0.1, 0.15) is 17.3 Å². The molecule has 0 spiro atoms. The highest BCUT2D eigenvalue weighted by molar-refractivity contribution is 5.93. The standard InChI is InChI=1S/C30H31N3O2/c1-5-28-31-16-17-33(28)20-14-15-24(30(2,3)4)25(18-20)32-29(34)19-23-21-10-6-8-12-26(21)35-27-13-9-7-11-22(23)27/h6-18,23H,5,19H2,1-4H3,(H,32,34). The van der Waals surface area contributed by atoms with E-state index in [-0.39, 0.29) is 17.2 Å². The summed E-state index contributed by atoms with van der Waals surface area (Å²) in [6.45, 7) is 8.58. The Balaban J connectivity index is 1.48. The van der Waals surface area contributed by atoms with Crippen LogP contribution in [-0.4, -0.2) is 15.5 Å². The second-order valence-electron chi connectivity index (χ2n) is 10.0. The number of hydrogen-bond acceptors (Lipinski definition) is 3. The van der Waals surface area contributed by atoms with E-state index in [1.165, 1.54) is 0 Å². The van der Waals surface area contributed by atoms with Crippen molar-refractivity contribution in [3.05, 3.63) is 102 Å². The smallest absolute Gasteiger partial charge is 0.225 e. The van der Waals surface area contributed by atoms with Crippen LogP contribution in [0.1, 0.15) is 62.5 Å². The van der Waals surface area contributed by atoms with Crippen LogP contribution in [0.4, 0.5) is 5.69 Å². The molecule has 0 saturated carbocycles. The van der Waals surface area contributed by atoms with Crippen molar-refractivity contribution >= 4 is 11.6 Å². The van der Waals surface area contributed by atoms with E-state index in [1.54, 1.807) is 0 Å². The van der Waals surface area contributed by atoms with E-state index in [0.29, 0.717) is 6.42 Å². The third-order valence-corrected chi connectivity index (χ3v) is 6.60. The molecule has 178 valence electrons. The van der Waals surface area contributed by atoms with Gasteiger partial charge >= 0.3 is 0 Å². The lowest BCUT2D eigenvalue weighted by molar-refractivity contribution is -0.116. The Kier molecular flexibility index (Phi) is 5.93. The first-order valence-electron chi connectivity index (χ1n) is 12.2. The second kappa shape index (κ2) is 9.06. The van der Waals surface area contributed by atoms with Crippen molar-refractivity contribution in [2.45, 2.75) is 51.9 Å². The number of anilines is 1. The summed E-state index contributed by atoms with van der Waals surface area (Å²) in [7, 11) is 0. The molecule has 3 aromatic carbocycles. The quantitative estimate of drug-likeness (QED) is 0.345. The van der Waals surface area contributed by atoms with Crippen LogP contribution in [0.3, 0.4) is 0 Å². The number of para-hydroxylation sites is 2. The van der Waals surface area contributed by atoms with Gasteiger partial charge in [-0.1, -0.05) is 70.2 Å². The first-order valence-corrected chi connectivity index (χ1v) is 12.2. The van der Waals surface area contributed by atoms with Crippen LogP contribution in [0, 0.1) is 0 Å². The molecule has 2 heterocycles. The predicted molar refractivity (Wildman–Crippen MR) is 140 cm³/mol. The van der Waals surface area contributed by atoms with Gasteiger partial charge in [-0.05, 0) is 35.2 Å². The Morgan fingerprint density at radius 2 is 1.66 bits per heavy atom. The lowest BCUT2D eigenvalue weighted by Gasteiger charge is -2.28. The molecule has 0 bridgehead atoms. The van der Waals surface area contributed by atoms with Crippen molar-refractivity contribution in [1.29, 1.82) is 0 Å². The van der Waals surface area contributed by atoms with E-state index >= 15 is 0 Å². The van der Waals surface area contributed by atoms with Crippen molar-refractivity contribution in [2.24, 2.45) is 0 Å². The van der Waals surface area contributed by atoms with Gasteiger partial charge in [-0.25, -0.2) is 4.98 Å². The summed E-state index contributed by atoms with van der Waals surface area (Å²) in [5.74, 6) is 2.52. The van der Waals surface area contributed by atoms with Gasteiger partial charge in [0.2, 0.25) is 5.91 Å². The number of carbonyl (C=O) groups excluding carboxylic acids is 1. The number of aromatic nitrogens is 2. The summed E-state index contributed by atoms with van der Waals surface area (Å²) in [4.78, 5) is 18.0. The average molecular weight is 466 g/mol. The second-order valence-corrected chi connectivity index (χ2v) is 10.0. The number of benzene rings is 3. The molecule has 5 heteroatoms.